The van der Waals surface area contributed by atoms with Crippen LogP contribution < -0.4 is 10.5 Å². The molecule has 6 heteroatoms. The Kier molecular flexibility index (Phi) is 2.75. The summed E-state index contributed by atoms with van der Waals surface area (Å²) in [7, 11) is 0. The normalized spacial score (nSPS) is 24.0. The molecule has 3 heterocycles. The largest absolute Gasteiger partial charge is 0.339 e. The van der Waals surface area contributed by atoms with Crippen LogP contribution in [0.15, 0.2) is 11.0 Å². The SMILES string of the molecule is O=c1[nH]c(N2CCCC2C2CCCC2)nc2[nH]ncc12. The number of hydrogen-bond acceptors (Lipinski definition) is 4. The second kappa shape index (κ2) is 4.61. The number of H-pyrrole nitrogens is 2. The lowest BCUT2D eigenvalue weighted by atomic mass is 9.96. The van der Waals surface area contributed by atoms with E-state index in [0.717, 1.165) is 12.5 Å². The minimum Gasteiger partial charge on any atom is -0.339 e. The van der Waals surface area contributed by atoms with Gasteiger partial charge in [-0.1, -0.05) is 12.8 Å². The van der Waals surface area contributed by atoms with Crippen molar-refractivity contribution in [3.63, 3.8) is 0 Å². The van der Waals surface area contributed by atoms with Crippen LogP contribution in [0, 0.1) is 5.92 Å². The molecule has 1 saturated carbocycles. The van der Waals surface area contributed by atoms with Crippen LogP contribution in [0.3, 0.4) is 0 Å². The molecule has 0 radical (unpaired) electrons. The number of aromatic nitrogens is 4. The highest BCUT2D eigenvalue weighted by atomic mass is 16.1. The average molecular weight is 273 g/mol. The van der Waals surface area contributed by atoms with Gasteiger partial charge in [-0.2, -0.15) is 10.1 Å². The number of rotatable bonds is 2. The molecule has 2 aromatic rings. The van der Waals surface area contributed by atoms with E-state index in [2.05, 4.69) is 25.1 Å². The summed E-state index contributed by atoms with van der Waals surface area (Å²) < 4.78 is 0. The Morgan fingerprint density at radius 2 is 2.05 bits per heavy atom. The molecule has 1 aliphatic heterocycles. The van der Waals surface area contributed by atoms with E-state index in [0.29, 0.717) is 23.0 Å². The van der Waals surface area contributed by atoms with Gasteiger partial charge in [-0.3, -0.25) is 14.9 Å². The van der Waals surface area contributed by atoms with Crippen LogP contribution >= 0.6 is 0 Å². The van der Waals surface area contributed by atoms with E-state index in [1.807, 2.05) is 0 Å². The molecule has 20 heavy (non-hydrogen) atoms. The second-order valence-electron chi connectivity index (χ2n) is 5.97. The second-order valence-corrected chi connectivity index (χ2v) is 5.97. The van der Waals surface area contributed by atoms with Crippen LogP contribution in [0.5, 0.6) is 0 Å². The van der Waals surface area contributed by atoms with Crippen LogP contribution in [0.2, 0.25) is 0 Å². The van der Waals surface area contributed by atoms with Crippen molar-refractivity contribution in [1.82, 2.24) is 20.2 Å². The van der Waals surface area contributed by atoms with E-state index in [4.69, 9.17) is 0 Å². The highest BCUT2D eigenvalue weighted by Gasteiger charge is 2.34. The molecule has 1 atom stereocenters. The van der Waals surface area contributed by atoms with Crippen LogP contribution in [-0.4, -0.2) is 32.8 Å². The average Bonchev–Trinajstić information content (AvgIpc) is 3.18. The van der Waals surface area contributed by atoms with Gasteiger partial charge in [0.15, 0.2) is 5.65 Å². The van der Waals surface area contributed by atoms with Gasteiger partial charge in [0.2, 0.25) is 5.95 Å². The molecule has 2 aliphatic rings. The van der Waals surface area contributed by atoms with E-state index < -0.39 is 0 Å². The Bertz CT molecular complexity index is 669. The maximum absolute atomic E-state index is 12.1. The molecule has 0 bridgehead atoms. The van der Waals surface area contributed by atoms with Crippen molar-refractivity contribution < 1.29 is 0 Å². The Morgan fingerprint density at radius 1 is 1.20 bits per heavy atom. The first kappa shape index (κ1) is 11.9. The van der Waals surface area contributed by atoms with E-state index in [-0.39, 0.29) is 5.56 Å². The summed E-state index contributed by atoms with van der Waals surface area (Å²) >= 11 is 0. The Hall–Kier alpha value is -1.85. The van der Waals surface area contributed by atoms with E-state index >= 15 is 0 Å². The summed E-state index contributed by atoms with van der Waals surface area (Å²) in [6.45, 7) is 0.990. The molecule has 1 aliphatic carbocycles. The summed E-state index contributed by atoms with van der Waals surface area (Å²) in [5, 5.41) is 7.23. The lowest BCUT2D eigenvalue weighted by Crippen LogP contribution is -2.36. The molecule has 106 valence electrons. The fourth-order valence-corrected chi connectivity index (χ4v) is 3.86. The zero-order valence-corrected chi connectivity index (χ0v) is 11.4. The summed E-state index contributed by atoms with van der Waals surface area (Å²) in [6, 6.07) is 0.543. The maximum atomic E-state index is 12.1. The molecule has 1 unspecified atom stereocenters. The van der Waals surface area contributed by atoms with Crippen molar-refractivity contribution in [2.75, 3.05) is 11.4 Å². The van der Waals surface area contributed by atoms with Crippen molar-refractivity contribution in [2.45, 2.75) is 44.6 Å². The van der Waals surface area contributed by atoms with Crippen LogP contribution in [0.4, 0.5) is 5.95 Å². The minimum absolute atomic E-state index is 0.101. The van der Waals surface area contributed by atoms with Crippen molar-refractivity contribution in [3.05, 3.63) is 16.6 Å². The first-order valence-corrected chi connectivity index (χ1v) is 7.53. The van der Waals surface area contributed by atoms with E-state index in [9.17, 15) is 4.79 Å². The lowest BCUT2D eigenvalue weighted by molar-refractivity contribution is 0.427. The molecule has 1 saturated heterocycles. The third-order valence-electron chi connectivity index (χ3n) is 4.82. The first-order valence-electron chi connectivity index (χ1n) is 7.53. The van der Waals surface area contributed by atoms with E-state index in [1.54, 1.807) is 0 Å². The van der Waals surface area contributed by atoms with Gasteiger partial charge in [0.1, 0.15) is 5.39 Å². The number of aromatic amines is 2. The molecular weight excluding hydrogens is 254 g/mol. The molecule has 4 rings (SSSR count). The summed E-state index contributed by atoms with van der Waals surface area (Å²) in [5.41, 5.74) is 0.483. The number of hydrogen-bond donors (Lipinski definition) is 2. The molecule has 2 N–H and O–H groups in total. The van der Waals surface area contributed by atoms with E-state index in [1.165, 1.54) is 44.7 Å². The molecule has 0 spiro atoms. The molecule has 2 aromatic heterocycles. The zero-order chi connectivity index (χ0) is 13.5. The number of nitrogens with zero attached hydrogens (tertiary/aromatic N) is 3. The molecule has 2 fully saturated rings. The van der Waals surface area contributed by atoms with Gasteiger partial charge in [-0.25, -0.2) is 0 Å². The highest BCUT2D eigenvalue weighted by Crippen LogP contribution is 2.36. The predicted molar refractivity (Wildman–Crippen MR) is 76.8 cm³/mol. The number of anilines is 1. The summed E-state index contributed by atoms with van der Waals surface area (Å²) in [6.07, 6.45) is 9.26. The molecular formula is C14H19N5O. The van der Waals surface area contributed by atoms with Gasteiger partial charge in [0.05, 0.1) is 6.20 Å². The quantitative estimate of drug-likeness (QED) is 0.874. The van der Waals surface area contributed by atoms with Crippen LogP contribution in [0.25, 0.3) is 11.0 Å². The van der Waals surface area contributed by atoms with Crippen molar-refractivity contribution in [3.8, 4) is 0 Å². The van der Waals surface area contributed by atoms with Crippen LogP contribution in [-0.2, 0) is 0 Å². The number of fused-ring (bicyclic) bond motifs is 1. The predicted octanol–water partition coefficient (Wildman–Crippen LogP) is 1.81. The van der Waals surface area contributed by atoms with Gasteiger partial charge in [0.25, 0.3) is 5.56 Å². The Balaban J connectivity index is 1.71. The Morgan fingerprint density at radius 3 is 2.90 bits per heavy atom. The molecule has 0 aromatic carbocycles. The molecule has 0 amide bonds. The Labute approximate surface area is 116 Å². The molecule has 6 nitrogen and oxygen atoms in total. The fraction of sp³-hybridized carbons (Fsp3) is 0.643. The minimum atomic E-state index is -0.101. The van der Waals surface area contributed by atoms with Gasteiger partial charge in [-0.15, -0.1) is 0 Å². The van der Waals surface area contributed by atoms with Crippen molar-refractivity contribution in [1.29, 1.82) is 0 Å². The van der Waals surface area contributed by atoms with Gasteiger partial charge in [-0.05, 0) is 31.6 Å². The zero-order valence-electron chi connectivity index (χ0n) is 11.4. The number of nitrogens with one attached hydrogen (secondary N) is 2. The van der Waals surface area contributed by atoms with Crippen molar-refractivity contribution >= 4 is 17.0 Å². The topological polar surface area (TPSA) is 77.7 Å². The van der Waals surface area contributed by atoms with Gasteiger partial charge in [0, 0.05) is 12.6 Å². The fourth-order valence-electron chi connectivity index (χ4n) is 3.86. The summed E-state index contributed by atoms with van der Waals surface area (Å²) in [4.78, 5) is 21.8. The third kappa shape index (κ3) is 1.82. The highest BCUT2D eigenvalue weighted by molar-refractivity contribution is 5.73. The smallest absolute Gasteiger partial charge is 0.263 e. The van der Waals surface area contributed by atoms with Crippen molar-refractivity contribution in [2.24, 2.45) is 5.92 Å². The summed E-state index contributed by atoms with van der Waals surface area (Å²) in [5.74, 6) is 1.47. The van der Waals surface area contributed by atoms with Gasteiger partial charge >= 0.3 is 0 Å². The maximum Gasteiger partial charge on any atom is 0.263 e. The lowest BCUT2D eigenvalue weighted by Gasteiger charge is -2.29. The standard InChI is InChI=1S/C14H19N5O/c20-13-10-8-15-18-12(10)16-14(17-13)19-7-3-6-11(19)9-4-1-2-5-9/h8-9,11H,1-7H2,(H2,15,16,17,18,20). The monoisotopic (exact) mass is 273 g/mol. The first-order chi connectivity index (χ1) is 9.83. The van der Waals surface area contributed by atoms with Crippen LogP contribution in [0.1, 0.15) is 38.5 Å². The van der Waals surface area contributed by atoms with Gasteiger partial charge < -0.3 is 4.90 Å². The third-order valence-corrected chi connectivity index (χ3v) is 4.82.